The number of carbonyl (C=O) groups is 1. The third kappa shape index (κ3) is 2.68. The molecule has 1 unspecified atom stereocenters. The van der Waals surface area contributed by atoms with Gasteiger partial charge in [0.1, 0.15) is 0 Å². The number of hydrogen-bond donors (Lipinski definition) is 1. The summed E-state index contributed by atoms with van der Waals surface area (Å²) in [6, 6.07) is 3.91. The maximum Gasteiger partial charge on any atom is 0.309 e. The number of aliphatic carboxylic acids is 1. The monoisotopic (exact) mass is 283 g/mol. The largest absolute Gasteiger partial charge is 0.481 e. The second kappa shape index (κ2) is 5.48. The molecule has 1 aliphatic heterocycles. The van der Waals surface area contributed by atoms with Crippen LogP contribution < -0.4 is 0 Å². The third-order valence-electron chi connectivity index (χ3n) is 4.40. The normalized spacial score (nSPS) is 20.6. The van der Waals surface area contributed by atoms with Crippen molar-refractivity contribution < 1.29 is 18.7 Å². The predicted octanol–water partition coefficient (Wildman–Crippen LogP) is 3.21. The lowest BCUT2D eigenvalue weighted by molar-refractivity contribution is -0.151. The molecule has 0 aliphatic carbocycles. The zero-order valence-corrected chi connectivity index (χ0v) is 11.7. The van der Waals surface area contributed by atoms with Crippen molar-refractivity contribution in [2.24, 2.45) is 5.41 Å². The van der Waals surface area contributed by atoms with Crippen molar-refractivity contribution in [3.05, 3.63) is 35.4 Å². The van der Waals surface area contributed by atoms with Gasteiger partial charge in [-0.25, -0.2) is 8.78 Å². The van der Waals surface area contributed by atoms with E-state index in [1.807, 2.05) is 11.8 Å². The molecule has 3 nitrogen and oxygen atoms in total. The topological polar surface area (TPSA) is 40.5 Å². The highest BCUT2D eigenvalue weighted by molar-refractivity contribution is 5.74. The molecule has 1 aromatic carbocycles. The average molecular weight is 283 g/mol. The SMILES string of the molecule is CC(c1cccc(F)c1F)N1CCC(C)(C(=O)O)CC1. The number of piperidine rings is 1. The van der Waals surface area contributed by atoms with Gasteiger partial charge >= 0.3 is 5.97 Å². The van der Waals surface area contributed by atoms with Crippen molar-refractivity contribution >= 4 is 5.97 Å². The molecule has 0 radical (unpaired) electrons. The number of hydrogen-bond acceptors (Lipinski definition) is 2. The molecule has 1 atom stereocenters. The lowest BCUT2D eigenvalue weighted by Crippen LogP contribution is -2.43. The van der Waals surface area contributed by atoms with Crippen molar-refractivity contribution in [1.82, 2.24) is 4.90 Å². The minimum atomic E-state index is -0.846. The van der Waals surface area contributed by atoms with Gasteiger partial charge in [-0.15, -0.1) is 0 Å². The molecule has 0 saturated carbocycles. The molecule has 110 valence electrons. The molecule has 1 aliphatic rings. The van der Waals surface area contributed by atoms with Crippen molar-refractivity contribution in [1.29, 1.82) is 0 Å². The van der Waals surface area contributed by atoms with E-state index in [-0.39, 0.29) is 6.04 Å². The van der Waals surface area contributed by atoms with Gasteiger partial charge in [0.15, 0.2) is 11.6 Å². The third-order valence-corrected chi connectivity index (χ3v) is 4.40. The molecular formula is C15H19F2NO2. The van der Waals surface area contributed by atoms with Crippen molar-refractivity contribution in [3.63, 3.8) is 0 Å². The number of benzene rings is 1. The van der Waals surface area contributed by atoms with E-state index in [9.17, 15) is 18.7 Å². The van der Waals surface area contributed by atoms with Crippen LogP contribution in [-0.2, 0) is 4.79 Å². The van der Waals surface area contributed by atoms with E-state index in [0.717, 1.165) is 6.07 Å². The van der Waals surface area contributed by atoms with Gasteiger partial charge in [0.2, 0.25) is 0 Å². The Morgan fingerprint density at radius 1 is 1.35 bits per heavy atom. The highest BCUT2D eigenvalue weighted by Gasteiger charge is 2.38. The lowest BCUT2D eigenvalue weighted by atomic mass is 9.80. The first-order valence-corrected chi connectivity index (χ1v) is 6.76. The Bertz CT molecular complexity index is 511. The van der Waals surface area contributed by atoms with Crippen LogP contribution in [0.4, 0.5) is 8.78 Å². The van der Waals surface area contributed by atoms with Gasteiger partial charge < -0.3 is 5.11 Å². The van der Waals surface area contributed by atoms with E-state index >= 15 is 0 Å². The van der Waals surface area contributed by atoms with Gasteiger partial charge in [-0.2, -0.15) is 0 Å². The van der Waals surface area contributed by atoms with Gasteiger partial charge in [0.25, 0.3) is 0 Å². The number of carboxylic acid groups (broad SMARTS) is 1. The molecule has 5 heteroatoms. The van der Waals surface area contributed by atoms with Gasteiger partial charge in [-0.05, 0) is 45.8 Å². The van der Waals surface area contributed by atoms with E-state index in [4.69, 9.17) is 0 Å². The Balaban J connectivity index is 2.11. The van der Waals surface area contributed by atoms with Crippen LogP contribution in [0.25, 0.3) is 0 Å². The van der Waals surface area contributed by atoms with E-state index in [1.165, 1.54) is 6.07 Å². The van der Waals surface area contributed by atoms with Crippen LogP contribution in [0, 0.1) is 17.0 Å². The second-order valence-corrected chi connectivity index (χ2v) is 5.72. The first-order chi connectivity index (χ1) is 9.35. The molecule has 0 spiro atoms. The van der Waals surface area contributed by atoms with Crippen molar-refractivity contribution in [2.45, 2.75) is 32.7 Å². The highest BCUT2D eigenvalue weighted by Crippen LogP contribution is 2.35. The minimum Gasteiger partial charge on any atom is -0.481 e. The van der Waals surface area contributed by atoms with Gasteiger partial charge in [0, 0.05) is 11.6 Å². The highest BCUT2D eigenvalue weighted by atomic mass is 19.2. The maximum absolute atomic E-state index is 13.8. The molecule has 1 fully saturated rings. The zero-order chi connectivity index (χ0) is 14.9. The predicted molar refractivity (Wildman–Crippen MR) is 71.3 cm³/mol. The summed E-state index contributed by atoms with van der Waals surface area (Å²) in [5, 5.41) is 9.19. The summed E-state index contributed by atoms with van der Waals surface area (Å²) in [6.07, 6.45) is 1.03. The summed E-state index contributed by atoms with van der Waals surface area (Å²) in [5.74, 6) is -2.45. The number of carboxylic acids is 1. The summed E-state index contributed by atoms with van der Waals surface area (Å²) in [4.78, 5) is 13.2. The van der Waals surface area contributed by atoms with Crippen LogP contribution in [0.2, 0.25) is 0 Å². The van der Waals surface area contributed by atoms with E-state index in [1.54, 1.807) is 13.0 Å². The van der Waals surface area contributed by atoms with E-state index in [2.05, 4.69) is 0 Å². The number of halogens is 2. The van der Waals surface area contributed by atoms with Crippen LogP contribution in [0.5, 0.6) is 0 Å². The zero-order valence-electron chi connectivity index (χ0n) is 11.7. The maximum atomic E-state index is 13.8. The van der Waals surface area contributed by atoms with Crippen LogP contribution >= 0.6 is 0 Å². The van der Waals surface area contributed by atoms with E-state index < -0.39 is 23.0 Å². The van der Waals surface area contributed by atoms with Gasteiger partial charge in [-0.3, -0.25) is 9.69 Å². The molecular weight excluding hydrogens is 264 g/mol. The number of nitrogens with zero attached hydrogens (tertiary/aromatic N) is 1. The first kappa shape index (κ1) is 14.9. The fourth-order valence-electron chi connectivity index (χ4n) is 2.66. The van der Waals surface area contributed by atoms with E-state index in [0.29, 0.717) is 31.5 Å². The molecule has 2 rings (SSSR count). The second-order valence-electron chi connectivity index (χ2n) is 5.72. The Hall–Kier alpha value is -1.49. The number of likely N-dealkylation sites (tertiary alicyclic amines) is 1. The molecule has 1 aromatic rings. The van der Waals surface area contributed by atoms with Crippen LogP contribution in [0.3, 0.4) is 0 Å². The fourth-order valence-corrected chi connectivity index (χ4v) is 2.66. The van der Waals surface area contributed by atoms with Gasteiger partial charge in [0.05, 0.1) is 5.41 Å². The molecule has 20 heavy (non-hydrogen) atoms. The molecule has 0 amide bonds. The Morgan fingerprint density at radius 3 is 2.50 bits per heavy atom. The Morgan fingerprint density at radius 2 is 1.95 bits per heavy atom. The van der Waals surface area contributed by atoms with Crippen molar-refractivity contribution in [3.8, 4) is 0 Å². The van der Waals surface area contributed by atoms with Gasteiger partial charge in [-0.1, -0.05) is 12.1 Å². The lowest BCUT2D eigenvalue weighted by Gasteiger charge is -2.39. The summed E-state index contributed by atoms with van der Waals surface area (Å²) in [6.45, 7) is 4.70. The summed E-state index contributed by atoms with van der Waals surface area (Å²) in [7, 11) is 0. The molecule has 1 saturated heterocycles. The molecule has 0 bridgehead atoms. The summed E-state index contributed by atoms with van der Waals surface area (Å²) in [5.41, 5.74) is -0.389. The molecule has 1 N–H and O–H groups in total. The average Bonchev–Trinajstić information content (AvgIpc) is 2.42. The summed E-state index contributed by atoms with van der Waals surface area (Å²) >= 11 is 0. The Labute approximate surface area is 117 Å². The summed E-state index contributed by atoms with van der Waals surface area (Å²) < 4.78 is 27.1. The smallest absolute Gasteiger partial charge is 0.309 e. The molecule has 0 aromatic heterocycles. The quantitative estimate of drug-likeness (QED) is 0.926. The standard InChI is InChI=1S/C15H19F2NO2/c1-10(11-4-3-5-12(16)13(11)17)18-8-6-15(2,7-9-18)14(19)20/h3-5,10H,6-9H2,1-2H3,(H,19,20). The first-order valence-electron chi connectivity index (χ1n) is 6.76. The number of rotatable bonds is 3. The van der Waals surface area contributed by atoms with Crippen LogP contribution in [0.1, 0.15) is 38.3 Å². The Kier molecular flexibility index (Phi) is 4.09. The van der Waals surface area contributed by atoms with Crippen LogP contribution in [0.15, 0.2) is 18.2 Å². The minimum absolute atomic E-state index is 0.260. The van der Waals surface area contributed by atoms with Crippen LogP contribution in [-0.4, -0.2) is 29.1 Å². The molecule has 1 heterocycles. The fraction of sp³-hybridized carbons (Fsp3) is 0.533. The van der Waals surface area contributed by atoms with Crippen molar-refractivity contribution in [2.75, 3.05) is 13.1 Å².